The summed E-state index contributed by atoms with van der Waals surface area (Å²) in [5.74, 6) is 0.501. The molecule has 0 heterocycles. The molecule has 0 fully saturated rings. The van der Waals surface area contributed by atoms with Crippen LogP contribution < -0.4 is 0 Å². The first kappa shape index (κ1) is 16.4. The quantitative estimate of drug-likeness (QED) is 0.564. The maximum Gasteiger partial charge on any atom is 0.0956 e. The highest BCUT2D eigenvalue weighted by molar-refractivity contribution is 5.76. The number of hydrogen-bond acceptors (Lipinski definition) is 2. The zero-order valence-corrected chi connectivity index (χ0v) is 14.1. The fourth-order valence-electron chi connectivity index (χ4n) is 3.35. The lowest BCUT2D eigenvalue weighted by molar-refractivity contribution is 0.738. The highest BCUT2D eigenvalue weighted by Crippen LogP contribution is 2.41. The van der Waals surface area contributed by atoms with E-state index in [1.807, 2.05) is 13.8 Å². The summed E-state index contributed by atoms with van der Waals surface area (Å²) in [6.45, 7) is 8.39. The van der Waals surface area contributed by atoms with Crippen molar-refractivity contribution >= 4 is 5.57 Å². The lowest BCUT2D eigenvalue weighted by Gasteiger charge is -2.26. The van der Waals surface area contributed by atoms with Gasteiger partial charge in [0.25, 0.3) is 0 Å². The van der Waals surface area contributed by atoms with Crippen LogP contribution in [-0.4, -0.2) is 0 Å². The molecule has 1 aromatic rings. The minimum atomic E-state index is 0.501. The van der Waals surface area contributed by atoms with Crippen molar-refractivity contribution in [3.05, 3.63) is 64.4 Å². The molecule has 2 aliphatic carbocycles. The molecule has 0 radical (unpaired) electrons. The summed E-state index contributed by atoms with van der Waals surface area (Å²) in [7, 11) is 0. The van der Waals surface area contributed by atoms with Crippen LogP contribution in [0.2, 0.25) is 0 Å². The van der Waals surface area contributed by atoms with E-state index in [-0.39, 0.29) is 0 Å². The van der Waals surface area contributed by atoms with E-state index < -0.39 is 0 Å². The molecule has 0 saturated carbocycles. The standard InChI is InChI=1S/C18H20N2.C2H6/c1-12-11-14-7-3-4-10-17(14)18(20-19)13(2)16-9-6-5-8-15(12)16;1-2/h5-10,12,19H,3-4,11H2,1-2H3;1-2H3/b18-13+,20-19?;. The summed E-state index contributed by atoms with van der Waals surface area (Å²) in [4.78, 5) is 0. The van der Waals surface area contributed by atoms with E-state index >= 15 is 0 Å². The van der Waals surface area contributed by atoms with Gasteiger partial charge in [-0.05, 0) is 54.4 Å². The third kappa shape index (κ3) is 2.96. The Kier molecular flexibility index (Phi) is 5.48. The van der Waals surface area contributed by atoms with Crippen molar-refractivity contribution < 1.29 is 0 Å². The zero-order valence-electron chi connectivity index (χ0n) is 14.1. The van der Waals surface area contributed by atoms with Crippen molar-refractivity contribution in [3.8, 4) is 0 Å². The zero-order chi connectivity index (χ0) is 16.1. The first-order valence-corrected chi connectivity index (χ1v) is 8.30. The van der Waals surface area contributed by atoms with E-state index in [0.29, 0.717) is 5.92 Å². The number of fused-ring (bicyclic) bond motifs is 2. The molecule has 0 saturated heterocycles. The third-order valence-electron chi connectivity index (χ3n) is 4.40. The van der Waals surface area contributed by atoms with Gasteiger partial charge in [-0.25, -0.2) is 5.53 Å². The van der Waals surface area contributed by atoms with E-state index in [4.69, 9.17) is 5.53 Å². The summed E-state index contributed by atoms with van der Waals surface area (Å²) >= 11 is 0. The van der Waals surface area contributed by atoms with E-state index in [1.165, 1.54) is 22.3 Å². The molecule has 1 aromatic carbocycles. The highest BCUT2D eigenvalue weighted by Gasteiger charge is 2.24. The van der Waals surface area contributed by atoms with Gasteiger partial charge in [0.15, 0.2) is 0 Å². The molecular weight excluding hydrogens is 268 g/mol. The molecule has 0 spiro atoms. The van der Waals surface area contributed by atoms with Crippen LogP contribution in [-0.2, 0) is 0 Å². The van der Waals surface area contributed by atoms with Gasteiger partial charge in [-0.3, -0.25) is 0 Å². The maximum atomic E-state index is 7.61. The average Bonchev–Trinajstić information content (AvgIpc) is 2.57. The predicted molar refractivity (Wildman–Crippen MR) is 94.0 cm³/mol. The van der Waals surface area contributed by atoms with Gasteiger partial charge >= 0.3 is 0 Å². The second-order valence-electron chi connectivity index (χ2n) is 5.70. The fraction of sp³-hybridized carbons (Fsp3) is 0.400. The van der Waals surface area contributed by atoms with Gasteiger partial charge in [-0.1, -0.05) is 57.2 Å². The molecule has 116 valence electrons. The Hall–Kier alpha value is -1.96. The van der Waals surface area contributed by atoms with Crippen LogP contribution in [0.5, 0.6) is 0 Å². The van der Waals surface area contributed by atoms with Crippen molar-refractivity contribution in [1.29, 1.82) is 5.53 Å². The molecule has 3 rings (SSSR count). The van der Waals surface area contributed by atoms with Gasteiger partial charge in [0.2, 0.25) is 0 Å². The Labute approximate surface area is 134 Å². The maximum absolute atomic E-state index is 7.61. The van der Waals surface area contributed by atoms with Crippen LogP contribution in [0.3, 0.4) is 0 Å². The molecule has 1 N–H and O–H groups in total. The lowest BCUT2D eigenvalue weighted by atomic mass is 9.79. The van der Waals surface area contributed by atoms with Crippen molar-refractivity contribution in [2.24, 2.45) is 5.11 Å². The first-order chi connectivity index (χ1) is 10.7. The van der Waals surface area contributed by atoms with E-state index in [1.54, 1.807) is 0 Å². The van der Waals surface area contributed by atoms with Crippen LogP contribution in [0.15, 0.2) is 58.4 Å². The number of rotatable bonds is 1. The number of hydrogen-bond donors (Lipinski definition) is 1. The third-order valence-corrected chi connectivity index (χ3v) is 4.40. The van der Waals surface area contributed by atoms with Crippen molar-refractivity contribution in [2.45, 2.75) is 52.9 Å². The number of nitrogens with one attached hydrogen (secondary N) is 1. The molecule has 2 aliphatic rings. The Morgan fingerprint density at radius 3 is 2.50 bits per heavy atom. The molecule has 0 bridgehead atoms. The van der Waals surface area contributed by atoms with Gasteiger partial charge in [-0.2, -0.15) is 5.11 Å². The van der Waals surface area contributed by atoms with Crippen LogP contribution >= 0.6 is 0 Å². The Morgan fingerprint density at radius 2 is 1.77 bits per heavy atom. The molecule has 2 nitrogen and oxygen atoms in total. The van der Waals surface area contributed by atoms with Gasteiger partial charge in [-0.15, -0.1) is 0 Å². The van der Waals surface area contributed by atoms with E-state index in [9.17, 15) is 0 Å². The SMILES string of the molecule is C/C1=C(\N=N)C2=CCCC=C2CC(C)c2ccccc21.CC. The normalized spacial score (nSPS) is 23.5. The summed E-state index contributed by atoms with van der Waals surface area (Å²) in [5.41, 5.74) is 14.7. The molecule has 1 atom stereocenters. The lowest BCUT2D eigenvalue weighted by Crippen LogP contribution is -2.09. The van der Waals surface area contributed by atoms with Gasteiger partial charge < -0.3 is 0 Å². The molecular formula is C20H26N2. The van der Waals surface area contributed by atoms with Crippen LogP contribution in [0.25, 0.3) is 5.57 Å². The minimum Gasteiger partial charge on any atom is -0.204 e. The smallest absolute Gasteiger partial charge is 0.0956 e. The molecule has 0 aliphatic heterocycles. The fourth-order valence-corrected chi connectivity index (χ4v) is 3.35. The van der Waals surface area contributed by atoms with E-state index in [0.717, 1.165) is 30.5 Å². The number of allylic oxidation sites excluding steroid dienone is 4. The first-order valence-electron chi connectivity index (χ1n) is 8.30. The molecule has 22 heavy (non-hydrogen) atoms. The average molecular weight is 294 g/mol. The van der Waals surface area contributed by atoms with Gasteiger partial charge in [0.1, 0.15) is 0 Å². The highest BCUT2D eigenvalue weighted by atomic mass is 15.0. The van der Waals surface area contributed by atoms with Crippen LogP contribution in [0.1, 0.15) is 64.0 Å². The summed E-state index contributed by atoms with van der Waals surface area (Å²) in [5, 5.41) is 3.86. The molecule has 0 amide bonds. The van der Waals surface area contributed by atoms with Crippen molar-refractivity contribution in [1.82, 2.24) is 0 Å². The summed E-state index contributed by atoms with van der Waals surface area (Å²) in [6.07, 6.45) is 7.79. The largest absolute Gasteiger partial charge is 0.204 e. The number of benzene rings is 1. The second kappa shape index (κ2) is 7.35. The predicted octanol–water partition coefficient (Wildman–Crippen LogP) is 6.63. The minimum absolute atomic E-state index is 0.501. The topological polar surface area (TPSA) is 36.2 Å². The summed E-state index contributed by atoms with van der Waals surface area (Å²) < 4.78 is 0. The Balaban J connectivity index is 0.000000847. The molecule has 1 unspecified atom stereocenters. The number of nitrogens with zero attached hydrogens (tertiary/aromatic N) is 1. The summed E-state index contributed by atoms with van der Waals surface area (Å²) in [6, 6.07) is 8.55. The van der Waals surface area contributed by atoms with E-state index in [2.05, 4.69) is 55.4 Å². The van der Waals surface area contributed by atoms with Crippen LogP contribution in [0.4, 0.5) is 0 Å². The molecule has 2 heteroatoms. The monoisotopic (exact) mass is 294 g/mol. The van der Waals surface area contributed by atoms with Crippen molar-refractivity contribution in [2.75, 3.05) is 0 Å². The molecule has 0 aromatic heterocycles. The van der Waals surface area contributed by atoms with Gasteiger partial charge in [0.05, 0.1) is 5.70 Å². The Bertz CT molecular complexity index is 647. The second-order valence-corrected chi connectivity index (χ2v) is 5.70. The van der Waals surface area contributed by atoms with Crippen molar-refractivity contribution in [3.63, 3.8) is 0 Å². The Morgan fingerprint density at radius 1 is 1.09 bits per heavy atom. The van der Waals surface area contributed by atoms with Crippen LogP contribution in [0, 0.1) is 5.53 Å². The van der Waals surface area contributed by atoms with Gasteiger partial charge in [0, 0.05) is 5.57 Å².